The molecule has 3 N–H and O–H groups in total. The minimum absolute atomic E-state index is 0.0520. The lowest BCUT2D eigenvalue weighted by Gasteiger charge is -2.14. The van der Waals surface area contributed by atoms with E-state index in [0.29, 0.717) is 17.8 Å². The fourth-order valence-electron chi connectivity index (χ4n) is 3.70. The number of benzene rings is 3. The van der Waals surface area contributed by atoms with Gasteiger partial charge in [0.15, 0.2) is 0 Å². The Morgan fingerprint density at radius 3 is 2.34 bits per heavy atom. The van der Waals surface area contributed by atoms with E-state index in [0.717, 1.165) is 36.3 Å². The van der Waals surface area contributed by atoms with Crippen LogP contribution in [0.2, 0.25) is 0 Å². The molecule has 1 aliphatic heterocycles. The topological polar surface area (TPSA) is 79.5 Å². The first kappa shape index (κ1) is 21.6. The quantitative estimate of drug-likeness (QED) is 0.498. The number of para-hydroxylation sites is 1. The summed E-state index contributed by atoms with van der Waals surface area (Å²) in [5, 5.41) is 8.88. The molecule has 1 fully saturated rings. The zero-order chi connectivity index (χ0) is 22.2. The summed E-state index contributed by atoms with van der Waals surface area (Å²) in [6.45, 7) is 1.30. The molecule has 32 heavy (non-hydrogen) atoms. The minimum atomic E-state index is -0.188. The van der Waals surface area contributed by atoms with Gasteiger partial charge in [0.05, 0.1) is 18.2 Å². The predicted octanol–water partition coefficient (Wildman–Crippen LogP) is 4.31. The number of carbonyl (C=O) groups excluding carboxylic acids is 2. The second-order valence-electron chi connectivity index (χ2n) is 7.74. The van der Waals surface area contributed by atoms with Gasteiger partial charge in [0, 0.05) is 24.5 Å². The molecule has 0 aliphatic carbocycles. The minimum Gasteiger partial charge on any atom is -0.376 e. The van der Waals surface area contributed by atoms with Crippen LogP contribution in [0.3, 0.4) is 0 Å². The molecule has 1 aliphatic rings. The molecule has 2 amide bonds. The number of amides is 2. The number of hydrogen-bond donors (Lipinski definition) is 3. The van der Waals surface area contributed by atoms with Crippen LogP contribution in [-0.2, 0) is 9.53 Å². The van der Waals surface area contributed by atoms with E-state index < -0.39 is 0 Å². The molecule has 164 valence electrons. The maximum absolute atomic E-state index is 12.6. The van der Waals surface area contributed by atoms with E-state index in [1.807, 2.05) is 60.7 Å². The first-order valence-corrected chi connectivity index (χ1v) is 10.9. The van der Waals surface area contributed by atoms with Crippen molar-refractivity contribution in [3.63, 3.8) is 0 Å². The molecule has 0 aromatic heterocycles. The van der Waals surface area contributed by atoms with Gasteiger partial charge in [-0.25, -0.2) is 0 Å². The van der Waals surface area contributed by atoms with Crippen LogP contribution in [-0.4, -0.2) is 37.6 Å². The van der Waals surface area contributed by atoms with Crippen molar-refractivity contribution in [2.45, 2.75) is 18.9 Å². The second kappa shape index (κ2) is 10.6. The molecular formula is C26H27N3O3. The van der Waals surface area contributed by atoms with Gasteiger partial charge in [0.2, 0.25) is 5.91 Å². The first-order valence-electron chi connectivity index (χ1n) is 10.9. The second-order valence-corrected chi connectivity index (χ2v) is 7.74. The molecule has 1 unspecified atom stereocenters. The normalized spacial score (nSPS) is 15.2. The van der Waals surface area contributed by atoms with Gasteiger partial charge in [-0.1, -0.05) is 54.6 Å². The van der Waals surface area contributed by atoms with Crippen molar-refractivity contribution in [2.75, 3.05) is 30.3 Å². The number of carbonyl (C=O) groups is 2. The van der Waals surface area contributed by atoms with E-state index in [2.05, 4.69) is 16.0 Å². The summed E-state index contributed by atoms with van der Waals surface area (Å²) in [6, 6.07) is 25.0. The van der Waals surface area contributed by atoms with Crippen molar-refractivity contribution >= 4 is 23.2 Å². The Bertz CT molecular complexity index is 1050. The molecule has 0 radical (unpaired) electrons. The number of ether oxygens (including phenoxy) is 1. The van der Waals surface area contributed by atoms with Crippen molar-refractivity contribution in [1.82, 2.24) is 5.32 Å². The van der Waals surface area contributed by atoms with E-state index in [4.69, 9.17) is 4.74 Å². The summed E-state index contributed by atoms with van der Waals surface area (Å²) in [4.78, 5) is 25.0. The average Bonchev–Trinajstić information content (AvgIpc) is 3.36. The van der Waals surface area contributed by atoms with Gasteiger partial charge in [-0.2, -0.15) is 0 Å². The van der Waals surface area contributed by atoms with Crippen molar-refractivity contribution in [1.29, 1.82) is 0 Å². The highest BCUT2D eigenvalue weighted by Crippen LogP contribution is 2.21. The lowest BCUT2D eigenvalue weighted by molar-refractivity contribution is -0.114. The SMILES string of the molecule is O=C(CNc1ccccc1C(=O)NCC1CCCO1)Nc1ccc(-c2ccccc2)cc1. The van der Waals surface area contributed by atoms with Crippen molar-refractivity contribution in [2.24, 2.45) is 0 Å². The number of rotatable bonds is 8. The average molecular weight is 430 g/mol. The number of hydrogen-bond acceptors (Lipinski definition) is 4. The maximum Gasteiger partial charge on any atom is 0.253 e. The smallest absolute Gasteiger partial charge is 0.253 e. The summed E-state index contributed by atoms with van der Waals surface area (Å²) in [5.41, 5.74) is 4.06. The van der Waals surface area contributed by atoms with Crippen LogP contribution in [0.15, 0.2) is 78.9 Å². The summed E-state index contributed by atoms with van der Waals surface area (Å²) < 4.78 is 5.55. The highest BCUT2D eigenvalue weighted by atomic mass is 16.5. The largest absolute Gasteiger partial charge is 0.376 e. The van der Waals surface area contributed by atoms with E-state index in [1.165, 1.54) is 0 Å². The molecule has 1 saturated heterocycles. The van der Waals surface area contributed by atoms with Crippen molar-refractivity contribution < 1.29 is 14.3 Å². The van der Waals surface area contributed by atoms with E-state index in [9.17, 15) is 9.59 Å². The van der Waals surface area contributed by atoms with Crippen LogP contribution in [0, 0.1) is 0 Å². The fourth-order valence-corrected chi connectivity index (χ4v) is 3.70. The van der Waals surface area contributed by atoms with Crippen LogP contribution in [0.1, 0.15) is 23.2 Å². The predicted molar refractivity (Wildman–Crippen MR) is 127 cm³/mol. The monoisotopic (exact) mass is 429 g/mol. The zero-order valence-corrected chi connectivity index (χ0v) is 17.8. The molecule has 1 heterocycles. The van der Waals surface area contributed by atoms with E-state index in [1.54, 1.807) is 18.2 Å². The molecule has 4 rings (SSSR count). The highest BCUT2D eigenvalue weighted by molar-refractivity contribution is 6.01. The van der Waals surface area contributed by atoms with Gasteiger partial charge in [-0.3, -0.25) is 9.59 Å². The van der Waals surface area contributed by atoms with Crippen LogP contribution in [0.5, 0.6) is 0 Å². The Hall–Kier alpha value is -3.64. The third kappa shape index (κ3) is 5.74. The maximum atomic E-state index is 12.6. The van der Waals surface area contributed by atoms with Crippen molar-refractivity contribution in [3.8, 4) is 11.1 Å². The molecular weight excluding hydrogens is 402 g/mol. The van der Waals surface area contributed by atoms with Crippen LogP contribution in [0.25, 0.3) is 11.1 Å². The Balaban J connectivity index is 1.30. The molecule has 0 saturated carbocycles. The van der Waals surface area contributed by atoms with Gasteiger partial charge < -0.3 is 20.7 Å². The van der Waals surface area contributed by atoms with Crippen LogP contribution < -0.4 is 16.0 Å². The summed E-state index contributed by atoms with van der Waals surface area (Å²) >= 11 is 0. The Labute approximate surface area is 188 Å². The Kier molecular flexibility index (Phi) is 7.15. The summed E-state index contributed by atoms with van der Waals surface area (Å²) in [5.74, 6) is -0.368. The molecule has 1 atom stereocenters. The zero-order valence-electron chi connectivity index (χ0n) is 17.8. The fraction of sp³-hybridized carbons (Fsp3) is 0.231. The molecule has 3 aromatic rings. The Morgan fingerprint density at radius 2 is 1.59 bits per heavy atom. The van der Waals surface area contributed by atoms with Gasteiger partial charge in [0.1, 0.15) is 0 Å². The Morgan fingerprint density at radius 1 is 0.875 bits per heavy atom. The highest BCUT2D eigenvalue weighted by Gasteiger charge is 2.18. The van der Waals surface area contributed by atoms with E-state index >= 15 is 0 Å². The number of anilines is 2. The summed E-state index contributed by atoms with van der Waals surface area (Å²) in [7, 11) is 0. The lowest BCUT2D eigenvalue weighted by atomic mass is 10.1. The van der Waals surface area contributed by atoms with Crippen molar-refractivity contribution in [3.05, 3.63) is 84.4 Å². The molecule has 0 bridgehead atoms. The van der Waals surface area contributed by atoms with Crippen LogP contribution in [0.4, 0.5) is 11.4 Å². The molecule has 3 aromatic carbocycles. The van der Waals surface area contributed by atoms with Gasteiger partial charge >= 0.3 is 0 Å². The van der Waals surface area contributed by atoms with Gasteiger partial charge in [0.25, 0.3) is 5.91 Å². The van der Waals surface area contributed by atoms with Crippen LogP contribution >= 0.6 is 0 Å². The lowest BCUT2D eigenvalue weighted by Crippen LogP contribution is -2.32. The third-order valence-electron chi connectivity index (χ3n) is 5.40. The van der Waals surface area contributed by atoms with Gasteiger partial charge in [-0.05, 0) is 48.2 Å². The molecule has 6 nitrogen and oxygen atoms in total. The standard InChI is InChI=1S/C26H27N3O3/c30-25(29-21-14-12-20(13-15-21)19-7-2-1-3-8-19)18-27-24-11-5-4-10-23(24)26(31)28-17-22-9-6-16-32-22/h1-5,7-8,10-15,22,27H,6,9,16-18H2,(H,28,31)(H,29,30). The molecule has 6 heteroatoms. The van der Waals surface area contributed by atoms with E-state index in [-0.39, 0.29) is 24.5 Å². The molecule has 0 spiro atoms. The third-order valence-corrected chi connectivity index (χ3v) is 5.40. The number of nitrogens with one attached hydrogen (secondary N) is 3. The van der Waals surface area contributed by atoms with Gasteiger partial charge in [-0.15, -0.1) is 0 Å². The summed E-state index contributed by atoms with van der Waals surface area (Å²) in [6.07, 6.45) is 2.08. The first-order chi connectivity index (χ1) is 15.7.